The van der Waals surface area contributed by atoms with Crippen molar-refractivity contribution in [3.8, 4) is 11.5 Å². The van der Waals surface area contributed by atoms with E-state index in [1.165, 1.54) is 14.2 Å². The summed E-state index contributed by atoms with van der Waals surface area (Å²) in [5.74, 6) is 1.11. The van der Waals surface area contributed by atoms with E-state index in [4.69, 9.17) is 21.1 Å². The average Bonchev–Trinajstić information content (AvgIpc) is 2.42. The second kappa shape index (κ2) is 5.83. The zero-order valence-corrected chi connectivity index (χ0v) is 11.7. The maximum absolute atomic E-state index is 11.7. The molecular formula is C13H13ClN2O4. The number of benzene rings is 1. The lowest BCUT2D eigenvalue weighted by Gasteiger charge is -2.10. The highest BCUT2D eigenvalue weighted by molar-refractivity contribution is 6.29. The third kappa shape index (κ3) is 2.85. The molecular weight excluding hydrogens is 284 g/mol. The molecule has 0 fully saturated rings. The average molecular weight is 297 g/mol. The van der Waals surface area contributed by atoms with E-state index in [0.717, 1.165) is 16.2 Å². The van der Waals surface area contributed by atoms with Gasteiger partial charge in [-0.25, -0.2) is 4.79 Å². The molecule has 0 saturated heterocycles. The van der Waals surface area contributed by atoms with E-state index >= 15 is 0 Å². The lowest BCUT2D eigenvalue weighted by molar-refractivity contribution is 0.354. The highest BCUT2D eigenvalue weighted by atomic mass is 35.5. The molecule has 0 unspecified atom stereocenters. The first kappa shape index (κ1) is 14.2. The van der Waals surface area contributed by atoms with Gasteiger partial charge in [0.25, 0.3) is 5.56 Å². The van der Waals surface area contributed by atoms with Crippen LogP contribution in [0.2, 0.25) is 5.15 Å². The molecule has 6 nitrogen and oxygen atoms in total. The number of nitrogens with zero attached hydrogens (tertiary/aromatic N) is 1. The molecule has 106 valence electrons. The minimum Gasteiger partial charge on any atom is -0.493 e. The summed E-state index contributed by atoms with van der Waals surface area (Å²) in [4.78, 5) is 25.8. The number of nitrogens with one attached hydrogen (secondary N) is 1. The zero-order valence-electron chi connectivity index (χ0n) is 11.0. The first-order chi connectivity index (χ1) is 9.55. The molecule has 0 aliphatic rings. The number of ether oxygens (including phenoxy) is 2. The number of hydrogen-bond acceptors (Lipinski definition) is 4. The highest BCUT2D eigenvalue weighted by Crippen LogP contribution is 2.27. The van der Waals surface area contributed by atoms with Crippen LogP contribution in [0.15, 0.2) is 33.9 Å². The summed E-state index contributed by atoms with van der Waals surface area (Å²) in [6.45, 7) is 0.117. The van der Waals surface area contributed by atoms with Gasteiger partial charge in [-0.05, 0) is 17.7 Å². The second-order valence-electron chi connectivity index (χ2n) is 4.04. The summed E-state index contributed by atoms with van der Waals surface area (Å²) >= 11 is 5.61. The van der Waals surface area contributed by atoms with Crippen molar-refractivity contribution in [1.82, 2.24) is 9.55 Å². The minimum absolute atomic E-state index is 0.0172. The van der Waals surface area contributed by atoms with Crippen LogP contribution in [-0.2, 0) is 6.54 Å². The predicted octanol–water partition coefficient (Wildman–Crippen LogP) is 1.26. The molecule has 2 rings (SSSR count). The van der Waals surface area contributed by atoms with Gasteiger partial charge in [-0.1, -0.05) is 17.7 Å². The van der Waals surface area contributed by atoms with E-state index in [-0.39, 0.29) is 11.7 Å². The van der Waals surface area contributed by atoms with E-state index in [1.807, 2.05) is 0 Å². The molecule has 0 aliphatic heterocycles. The monoisotopic (exact) mass is 296 g/mol. The summed E-state index contributed by atoms with van der Waals surface area (Å²) in [5, 5.41) is 0.0172. The molecule has 0 bridgehead atoms. The lowest BCUT2D eigenvalue weighted by Crippen LogP contribution is -2.34. The number of hydrogen-bond donors (Lipinski definition) is 1. The molecule has 1 heterocycles. The van der Waals surface area contributed by atoms with Crippen molar-refractivity contribution in [2.45, 2.75) is 6.54 Å². The van der Waals surface area contributed by atoms with Crippen LogP contribution in [0.4, 0.5) is 0 Å². The Morgan fingerprint density at radius 1 is 1.15 bits per heavy atom. The van der Waals surface area contributed by atoms with E-state index < -0.39 is 11.2 Å². The molecule has 1 aromatic heterocycles. The predicted molar refractivity (Wildman–Crippen MR) is 75.0 cm³/mol. The molecule has 0 atom stereocenters. The third-order valence-electron chi connectivity index (χ3n) is 2.78. The number of H-pyrrole nitrogens is 1. The Morgan fingerprint density at radius 3 is 2.45 bits per heavy atom. The number of rotatable bonds is 4. The number of aromatic amines is 1. The normalized spacial score (nSPS) is 10.3. The van der Waals surface area contributed by atoms with Crippen molar-refractivity contribution >= 4 is 11.6 Å². The van der Waals surface area contributed by atoms with Crippen molar-refractivity contribution in [3.05, 3.63) is 55.8 Å². The summed E-state index contributed by atoms with van der Waals surface area (Å²) < 4.78 is 11.3. The van der Waals surface area contributed by atoms with Crippen molar-refractivity contribution in [2.24, 2.45) is 0 Å². The van der Waals surface area contributed by atoms with E-state index in [1.54, 1.807) is 18.2 Å². The van der Waals surface area contributed by atoms with E-state index in [9.17, 15) is 9.59 Å². The van der Waals surface area contributed by atoms with Gasteiger partial charge in [-0.3, -0.25) is 14.3 Å². The Balaban J connectivity index is 2.41. The summed E-state index contributed by atoms with van der Waals surface area (Å²) in [7, 11) is 3.05. The molecule has 7 heteroatoms. The molecule has 0 spiro atoms. The van der Waals surface area contributed by atoms with Gasteiger partial charge in [0.15, 0.2) is 11.5 Å². The maximum atomic E-state index is 11.7. The van der Waals surface area contributed by atoms with Gasteiger partial charge in [0.05, 0.1) is 20.8 Å². The summed E-state index contributed by atoms with van der Waals surface area (Å²) in [6.07, 6.45) is 0. The number of methoxy groups -OCH3 is 2. The fourth-order valence-corrected chi connectivity index (χ4v) is 1.98. The smallest absolute Gasteiger partial charge is 0.329 e. The topological polar surface area (TPSA) is 73.3 Å². The van der Waals surface area contributed by atoms with Gasteiger partial charge in [-0.2, -0.15) is 0 Å². The van der Waals surface area contributed by atoms with Gasteiger partial charge in [0.2, 0.25) is 0 Å². The second-order valence-corrected chi connectivity index (χ2v) is 4.44. The van der Waals surface area contributed by atoms with Crippen LogP contribution in [-0.4, -0.2) is 23.8 Å². The highest BCUT2D eigenvalue weighted by Gasteiger charge is 2.08. The first-order valence-corrected chi connectivity index (χ1v) is 6.13. The van der Waals surface area contributed by atoms with Crippen LogP contribution >= 0.6 is 11.6 Å². The van der Waals surface area contributed by atoms with Crippen LogP contribution < -0.4 is 20.7 Å². The Hall–Kier alpha value is -2.21. The SMILES string of the molecule is COc1ccc(Cn2c(=O)cc(Cl)[nH]c2=O)cc1OC. The first-order valence-electron chi connectivity index (χ1n) is 5.75. The van der Waals surface area contributed by atoms with Crippen LogP contribution in [0.3, 0.4) is 0 Å². The van der Waals surface area contributed by atoms with Crippen LogP contribution in [0, 0.1) is 0 Å². The fourth-order valence-electron chi connectivity index (χ4n) is 1.80. The standard InChI is InChI=1S/C13H13ClN2O4/c1-19-9-4-3-8(5-10(9)20-2)7-16-12(17)6-11(14)15-13(16)18/h3-6H,7H2,1-2H3,(H,15,18). The molecule has 0 saturated carbocycles. The van der Waals surface area contributed by atoms with E-state index in [0.29, 0.717) is 11.5 Å². The minimum atomic E-state index is -0.558. The van der Waals surface area contributed by atoms with Gasteiger partial charge >= 0.3 is 5.69 Å². The lowest BCUT2D eigenvalue weighted by atomic mass is 10.2. The van der Waals surface area contributed by atoms with Crippen LogP contribution in [0.5, 0.6) is 11.5 Å². The van der Waals surface area contributed by atoms with Crippen molar-refractivity contribution in [1.29, 1.82) is 0 Å². The maximum Gasteiger partial charge on any atom is 0.329 e. The Kier molecular flexibility index (Phi) is 4.14. The third-order valence-corrected chi connectivity index (χ3v) is 2.98. The van der Waals surface area contributed by atoms with Crippen LogP contribution in [0.1, 0.15) is 5.56 Å². The van der Waals surface area contributed by atoms with Crippen molar-refractivity contribution in [2.75, 3.05) is 14.2 Å². The zero-order chi connectivity index (χ0) is 14.7. The number of halogens is 1. The summed E-state index contributed by atoms with van der Waals surface area (Å²) in [6, 6.07) is 6.33. The Labute approximate surface area is 119 Å². The largest absolute Gasteiger partial charge is 0.493 e. The summed E-state index contributed by atoms with van der Waals surface area (Å²) in [5.41, 5.74) is -0.289. The van der Waals surface area contributed by atoms with Gasteiger partial charge in [0.1, 0.15) is 5.15 Å². The number of aromatic nitrogens is 2. The van der Waals surface area contributed by atoms with Crippen LogP contribution in [0.25, 0.3) is 0 Å². The van der Waals surface area contributed by atoms with Crippen molar-refractivity contribution in [3.63, 3.8) is 0 Å². The van der Waals surface area contributed by atoms with Gasteiger partial charge in [0, 0.05) is 6.07 Å². The molecule has 0 amide bonds. The molecule has 0 aliphatic carbocycles. The quantitative estimate of drug-likeness (QED) is 0.862. The van der Waals surface area contributed by atoms with Crippen molar-refractivity contribution < 1.29 is 9.47 Å². The van der Waals surface area contributed by atoms with Gasteiger partial charge < -0.3 is 9.47 Å². The molecule has 20 heavy (non-hydrogen) atoms. The van der Waals surface area contributed by atoms with Gasteiger partial charge in [-0.15, -0.1) is 0 Å². The molecule has 1 aromatic carbocycles. The Morgan fingerprint density at radius 2 is 1.85 bits per heavy atom. The van der Waals surface area contributed by atoms with E-state index in [2.05, 4.69) is 4.98 Å². The molecule has 2 aromatic rings. The molecule has 0 radical (unpaired) electrons. The molecule has 1 N–H and O–H groups in total. The Bertz CT molecular complexity index is 705. The fraction of sp³-hybridized carbons (Fsp3) is 0.231.